The van der Waals surface area contributed by atoms with E-state index >= 15 is 0 Å². The standard InChI is InChI=1S/C12H15BrN2O9S.K/c1-12(2)23-7-6(4-21-25(18,19)20)22-10(8(7)24-12)15-3-5(13)9(16)14-11(15)17;/h3,6-8,10H,4H2,1-2H3,(H,14,16,17)(H,18,19,20);/q;+1/p-1. The molecule has 140 valence electrons. The van der Waals surface area contributed by atoms with Crippen LogP contribution in [0.5, 0.6) is 0 Å². The number of aromatic amines is 1. The molecule has 2 saturated heterocycles. The van der Waals surface area contributed by atoms with Crippen LogP contribution < -0.4 is 62.6 Å². The number of hydrogen-bond donors (Lipinski definition) is 1. The molecule has 4 atom stereocenters. The maximum atomic E-state index is 12.1. The van der Waals surface area contributed by atoms with Crippen LogP contribution in [0, 0.1) is 0 Å². The topological polar surface area (TPSA) is 149 Å². The molecule has 0 bridgehead atoms. The van der Waals surface area contributed by atoms with Gasteiger partial charge in [-0.05, 0) is 29.8 Å². The van der Waals surface area contributed by atoms with E-state index in [9.17, 15) is 22.6 Å². The molecule has 2 aliphatic rings. The Bertz CT molecular complexity index is 899. The van der Waals surface area contributed by atoms with Gasteiger partial charge in [0.25, 0.3) is 5.56 Å². The molecule has 1 aromatic heterocycles. The molecule has 0 saturated carbocycles. The molecule has 2 aliphatic heterocycles. The minimum absolute atomic E-state index is 0. The van der Waals surface area contributed by atoms with Gasteiger partial charge in [-0.3, -0.25) is 18.5 Å². The summed E-state index contributed by atoms with van der Waals surface area (Å²) in [4.78, 5) is 25.7. The molecule has 0 spiro atoms. The fourth-order valence-corrected chi connectivity index (χ4v) is 3.44. The Hall–Kier alpha value is 0.546. The van der Waals surface area contributed by atoms with Gasteiger partial charge in [-0.1, -0.05) is 0 Å². The number of H-pyrrole nitrogens is 1. The van der Waals surface area contributed by atoms with Crippen molar-refractivity contribution in [3.05, 3.63) is 31.5 Å². The third-order valence-electron chi connectivity index (χ3n) is 3.70. The molecule has 3 rings (SSSR count). The van der Waals surface area contributed by atoms with E-state index in [1.54, 1.807) is 13.8 Å². The second-order valence-corrected chi connectivity index (χ2v) is 7.87. The van der Waals surface area contributed by atoms with Crippen molar-refractivity contribution in [2.24, 2.45) is 0 Å². The molecule has 2 fully saturated rings. The number of ether oxygens (including phenoxy) is 3. The van der Waals surface area contributed by atoms with Crippen LogP contribution in [0.15, 0.2) is 20.3 Å². The minimum atomic E-state index is -4.92. The van der Waals surface area contributed by atoms with Gasteiger partial charge in [0.2, 0.25) is 10.4 Å². The zero-order chi connectivity index (χ0) is 18.6. The van der Waals surface area contributed by atoms with E-state index in [0.29, 0.717) is 0 Å². The van der Waals surface area contributed by atoms with Crippen molar-refractivity contribution in [1.29, 1.82) is 0 Å². The van der Waals surface area contributed by atoms with Crippen LogP contribution in [0.2, 0.25) is 0 Å². The quantitative estimate of drug-likeness (QED) is 0.260. The monoisotopic (exact) mass is 480 g/mol. The molecule has 26 heavy (non-hydrogen) atoms. The number of nitrogens with zero attached hydrogens (tertiary/aromatic N) is 1. The average molecular weight is 481 g/mol. The molecule has 1 aromatic rings. The largest absolute Gasteiger partial charge is 1.00 e. The van der Waals surface area contributed by atoms with E-state index < -0.39 is 58.6 Å². The van der Waals surface area contributed by atoms with Crippen molar-refractivity contribution in [1.82, 2.24) is 9.55 Å². The van der Waals surface area contributed by atoms with Crippen LogP contribution in [-0.2, 0) is 28.8 Å². The SMILES string of the molecule is CC1(C)OC2C(COS(=O)(=O)[O-])OC(n3cc(Br)c(=O)[nH]c3=O)C2O1.[K+]. The Balaban J connectivity index is 0.00000243. The van der Waals surface area contributed by atoms with Crippen molar-refractivity contribution < 1.29 is 82.7 Å². The van der Waals surface area contributed by atoms with E-state index in [1.165, 1.54) is 6.20 Å². The summed E-state index contributed by atoms with van der Waals surface area (Å²) in [5.74, 6) is -1.02. The first-order chi connectivity index (χ1) is 11.5. The third kappa shape index (κ3) is 4.93. The smallest absolute Gasteiger partial charge is 0.726 e. The fourth-order valence-electron chi connectivity index (χ4n) is 2.82. The van der Waals surface area contributed by atoms with Gasteiger partial charge in [0.15, 0.2) is 12.0 Å². The van der Waals surface area contributed by atoms with Gasteiger partial charge in [-0.15, -0.1) is 0 Å². The summed E-state index contributed by atoms with van der Waals surface area (Å²) < 4.78 is 54.5. The summed E-state index contributed by atoms with van der Waals surface area (Å²) in [5.41, 5.74) is -1.36. The normalized spacial score (nSPS) is 30.0. The summed E-state index contributed by atoms with van der Waals surface area (Å²) in [6, 6.07) is 0. The first-order valence-electron chi connectivity index (χ1n) is 7.09. The second kappa shape index (κ2) is 8.12. The molecule has 0 aromatic carbocycles. The predicted octanol–water partition coefficient (Wildman–Crippen LogP) is -3.80. The number of hydrogen-bond acceptors (Lipinski definition) is 9. The molecule has 11 nitrogen and oxygen atoms in total. The molecule has 1 N–H and O–H groups in total. The molecule has 0 aliphatic carbocycles. The Morgan fingerprint density at radius 3 is 2.58 bits per heavy atom. The maximum Gasteiger partial charge on any atom is 1.00 e. The summed E-state index contributed by atoms with van der Waals surface area (Å²) in [6.07, 6.45) is -2.33. The number of fused-ring (bicyclic) bond motifs is 1. The molecule has 14 heteroatoms. The van der Waals surface area contributed by atoms with E-state index in [2.05, 4.69) is 25.1 Å². The third-order valence-corrected chi connectivity index (χ3v) is 4.69. The molecule has 0 amide bonds. The molecular formula is C12H14BrKN2O9S. The fraction of sp³-hybridized carbons (Fsp3) is 0.667. The first kappa shape index (κ1) is 22.8. The summed E-state index contributed by atoms with van der Waals surface area (Å²) in [5, 5.41) is 0. The Kier molecular flexibility index (Phi) is 7.13. The number of rotatable bonds is 4. The van der Waals surface area contributed by atoms with E-state index in [-0.39, 0.29) is 55.9 Å². The molecule has 4 unspecified atom stereocenters. The Morgan fingerprint density at radius 1 is 1.35 bits per heavy atom. The summed E-state index contributed by atoms with van der Waals surface area (Å²) in [6.45, 7) is 2.68. The minimum Gasteiger partial charge on any atom is -0.726 e. The summed E-state index contributed by atoms with van der Waals surface area (Å²) in [7, 11) is -4.92. The second-order valence-electron chi connectivity index (χ2n) is 5.97. The van der Waals surface area contributed by atoms with Crippen LogP contribution in [0.1, 0.15) is 20.1 Å². The Labute approximate surface area is 198 Å². The zero-order valence-electron chi connectivity index (χ0n) is 14.0. The van der Waals surface area contributed by atoms with Crippen molar-refractivity contribution in [3.63, 3.8) is 0 Å². The predicted molar refractivity (Wildman–Crippen MR) is 82.4 cm³/mol. The van der Waals surface area contributed by atoms with Gasteiger partial charge in [-0.2, -0.15) is 0 Å². The number of aromatic nitrogens is 2. The van der Waals surface area contributed by atoms with Gasteiger partial charge in [-0.25, -0.2) is 13.2 Å². The zero-order valence-corrected chi connectivity index (χ0v) is 19.5. The molecular weight excluding hydrogens is 467 g/mol. The van der Waals surface area contributed by atoms with E-state index in [1.807, 2.05) is 0 Å². The van der Waals surface area contributed by atoms with Gasteiger partial charge in [0.1, 0.15) is 18.3 Å². The first-order valence-corrected chi connectivity index (χ1v) is 9.22. The van der Waals surface area contributed by atoms with Crippen molar-refractivity contribution in [2.45, 2.75) is 44.2 Å². The average Bonchev–Trinajstić information content (AvgIpc) is 2.93. The van der Waals surface area contributed by atoms with Crippen molar-refractivity contribution >= 4 is 26.3 Å². The molecule has 0 radical (unpaired) electrons. The molecule has 3 heterocycles. The van der Waals surface area contributed by atoms with Gasteiger partial charge < -0.3 is 18.8 Å². The van der Waals surface area contributed by atoms with Crippen LogP contribution in [0.25, 0.3) is 0 Å². The number of nitrogens with one attached hydrogen (secondary N) is 1. The van der Waals surface area contributed by atoms with Gasteiger partial charge >= 0.3 is 57.1 Å². The summed E-state index contributed by atoms with van der Waals surface area (Å²) >= 11 is 3.02. The van der Waals surface area contributed by atoms with E-state index in [0.717, 1.165) is 4.57 Å². The van der Waals surface area contributed by atoms with Crippen molar-refractivity contribution in [2.75, 3.05) is 6.61 Å². The van der Waals surface area contributed by atoms with Crippen LogP contribution in [0.4, 0.5) is 0 Å². The maximum absolute atomic E-state index is 12.1. The van der Waals surface area contributed by atoms with Crippen LogP contribution in [-0.4, -0.2) is 53.2 Å². The van der Waals surface area contributed by atoms with Gasteiger partial charge in [0, 0.05) is 6.20 Å². The van der Waals surface area contributed by atoms with Crippen LogP contribution in [0.3, 0.4) is 0 Å². The Morgan fingerprint density at radius 2 is 1.96 bits per heavy atom. The van der Waals surface area contributed by atoms with Crippen LogP contribution >= 0.6 is 15.9 Å². The van der Waals surface area contributed by atoms with E-state index in [4.69, 9.17) is 14.2 Å². The number of halogens is 1. The van der Waals surface area contributed by atoms with Gasteiger partial charge in [0.05, 0.1) is 11.1 Å². The van der Waals surface area contributed by atoms with Crippen molar-refractivity contribution in [3.8, 4) is 0 Å².